The molecule has 0 saturated carbocycles. The van der Waals surface area contributed by atoms with Crippen molar-refractivity contribution in [2.45, 2.75) is 43.1 Å². The average Bonchev–Trinajstić information content (AvgIpc) is 3.40. The number of anilines is 1. The summed E-state index contributed by atoms with van der Waals surface area (Å²) in [6, 6.07) is 3.53. The van der Waals surface area contributed by atoms with Crippen molar-refractivity contribution >= 4 is 39.1 Å². The summed E-state index contributed by atoms with van der Waals surface area (Å²) in [6.45, 7) is 0. The van der Waals surface area contributed by atoms with Crippen molar-refractivity contribution < 1.29 is 18.6 Å². The number of aryl methyl sites for hydroxylation is 2. The molecular formula is C23H25N5O4S2. The molecule has 0 aliphatic heterocycles. The van der Waals surface area contributed by atoms with E-state index in [1.54, 1.807) is 44.8 Å². The number of thioether (sulfide) groups is 1. The third-order valence-corrected chi connectivity index (χ3v) is 7.78. The lowest BCUT2D eigenvalue weighted by Crippen LogP contribution is -2.00. The number of ether oxygens (including phenoxy) is 3. The first-order chi connectivity index (χ1) is 16.6. The molecule has 3 heterocycles. The minimum Gasteiger partial charge on any atom is -0.493 e. The van der Waals surface area contributed by atoms with Gasteiger partial charge in [0.05, 0.1) is 32.5 Å². The van der Waals surface area contributed by atoms with Crippen molar-refractivity contribution in [2.24, 2.45) is 0 Å². The van der Waals surface area contributed by atoms with E-state index in [1.165, 1.54) is 41.5 Å². The van der Waals surface area contributed by atoms with Crippen molar-refractivity contribution in [1.29, 1.82) is 0 Å². The van der Waals surface area contributed by atoms with Gasteiger partial charge in [-0.1, -0.05) is 18.2 Å². The minimum absolute atomic E-state index is 0.347. The molecule has 0 spiro atoms. The second-order valence-corrected chi connectivity index (χ2v) is 9.86. The maximum absolute atomic E-state index is 6.36. The molecule has 0 atom stereocenters. The Kier molecular flexibility index (Phi) is 6.46. The second kappa shape index (κ2) is 9.67. The van der Waals surface area contributed by atoms with E-state index in [4.69, 9.17) is 29.3 Å². The van der Waals surface area contributed by atoms with Crippen molar-refractivity contribution in [3.8, 4) is 28.7 Å². The number of thiophene rings is 1. The highest BCUT2D eigenvalue weighted by molar-refractivity contribution is 7.98. The van der Waals surface area contributed by atoms with Crippen LogP contribution in [0.5, 0.6) is 17.2 Å². The molecule has 34 heavy (non-hydrogen) atoms. The van der Waals surface area contributed by atoms with E-state index in [0.717, 1.165) is 23.1 Å². The van der Waals surface area contributed by atoms with Crippen LogP contribution in [0.3, 0.4) is 0 Å². The van der Waals surface area contributed by atoms with Crippen LogP contribution < -0.4 is 19.9 Å². The third kappa shape index (κ3) is 4.25. The lowest BCUT2D eigenvalue weighted by Gasteiger charge is -2.12. The molecule has 3 aromatic heterocycles. The summed E-state index contributed by atoms with van der Waals surface area (Å²) in [5, 5.41) is 9.78. The van der Waals surface area contributed by atoms with Gasteiger partial charge in [0, 0.05) is 10.4 Å². The van der Waals surface area contributed by atoms with Crippen molar-refractivity contribution in [3.63, 3.8) is 0 Å². The SMILES string of the molecule is COc1cc(-c2nnc(SCc3nc(N)c4c5c(sc4n3)CCCCC5)o2)cc(OC)c1OC. The Morgan fingerprint density at radius 1 is 1.00 bits per heavy atom. The van der Waals surface area contributed by atoms with Crippen LogP contribution in [0.4, 0.5) is 5.82 Å². The summed E-state index contributed by atoms with van der Waals surface area (Å²) in [5.74, 6) is 3.55. The largest absolute Gasteiger partial charge is 0.493 e. The van der Waals surface area contributed by atoms with E-state index in [9.17, 15) is 0 Å². The molecule has 0 fully saturated rings. The summed E-state index contributed by atoms with van der Waals surface area (Å²) in [7, 11) is 4.68. The number of benzene rings is 1. The highest BCUT2D eigenvalue weighted by Gasteiger charge is 2.21. The van der Waals surface area contributed by atoms with Crippen molar-refractivity contribution in [3.05, 3.63) is 28.4 Å². The summed E-state index contributed by atoms with van der Waals surface area (Å²) in [5.41, 5.74) is 8.38. The normalized spacial score (nSPS) is 13.5. The standard InChI is InChI=1S/C23H25N5O4S2/c1-29-14-9-12(10-15(30-2)19(14)31-3)21-27-28-23(32-21)33-11-17-25-20(24)18-13-7-5-4-6-8-16(13)34-22(18)26-17/h9-10H,4-8,11H2,1-3H3,(H2,24,25,26). The highest BCUT2D eigenvalue weighted by atomic mass is 32.2. The monoisotopic (exact) mass is 499 g/mol. The van der Waals surface area contributed by atoms with E-state index in [-0.39, 0.29) is 0 Å². The molecule has 0 radical (unpaired) electrons. The molecule has 11 heteroatoms. The maximum atomic E-state index is 6.36. The number of rotatable bonds is 7. The Labute approximate surface area is 205 Å². The van der Waals surface area contributed by atoms with Crippen molar-refractivity contribution in [2.75, 3.05) is 27.1 Å². The zero-order chi connectivity index (χ0) is 23.7. The van der Waals surface area contributed by atoms with Crippen LogP contribution in [-0.2, 0) is 18.6 Å². The summed E-state index contributed by atoms with van der Waals surface area (Å²) in [6.07, 6.45) is 5.84. The second-order valence-electron chi connectivity index (χ2n) is 7.85. The van der Waals surface area contributed by atoms with Crippen LogP contribution in [0.1, 0.15) is 35.5 Å². The van der Waals surface area contributed by atoms with Gasteiger partial charge in [-0.25, -0.2) is 9.97 Å². The fourth-order valence-electron chi connectivity index (χ4n) is 4.19. The van der Waals surface area contributed by atoms with E-state index >= 15 is 0 Å². The van der Waals surface area contributed by atoms with Crippen LogP contribution in [0.2, 0.25) is 0 Å². The van der Waals surface area contributed by atoms with E-state index in [2.05, 4.69) is 15.2 Å². The predicted molar refractivity (Wildman–Crippen MR) is 132 cm³/mol. The lowest BCUT2D eigenvalue weighted by molar-refractivity contribution is 0.324. The summed E-state index contributed by atoms with van der Waals surface area (Å²) in [4.78, 5) is 11.7. The molecule has 0 bridgehead atoms. The van der Waals surface area contributed by atoms with Crippen LogP contribution in [0.25, 0.3) is 21.7 Å². The van der Waals surface area contributed by atoms with Gasteiger partial charge in [0.2, 0.25) is 11.6 Å². The minimum atomic E-state index is 0.347. The van der Waals surface area contributed by atoms with Crippen LogP contribution in [0.15, 0.2) is 21.8 Å². The predicted octanol–water partition coefficient (Wildman–Crippen LogP) is 4.91. The number of aromatic nitrogens is 4. The number of fused-ring (bicyclic) bond motifs is 3. The van der Waals surface area contributed by atoms with Crippen molar-refractivity contribution in [1.82, 2.24) is 20.2 Å². The zero-order valence-electron chi connectivity index (χ0n) is 19.2. The molecule has 0 unspecified atom stereocenters. The molecule has 9 nitrogen and oxygen atoms in total. The van der Waals surface area contributed by atoms with Gasteiger partial charge in [0.15, 0.2) is 11.5 Å². The molecule has 1 aliphatic rings. The van der Waals surface area contributed by atoms with E-state index < -0.39 is 0 Å². The smallest absolute Gasteiger partial charge is 0.277 e. The highest BCUT2D eigenvalue weighted by Crippen LogP contribution is 2.41. The molecule has 178 valence electrons. The molecule has 0 saturated heterocycles. The Balaban J connectivity index is 1.36. The summed E-state index contributed by atoms with van der Waals surface area (Å²) < 4.78 is 22.1. The number of nitrogen functional groups attached to an aromatic ring is 1. The van der Waals surface area contributed by atoms with Crippen LogP contribution >= 0.6 is 23.1 Å². The van der Waals surface area contributed by atoms with Gasteiger partial charge in [0.25, 0.3) is 5.22 Å². The zero-order valence-corrected chi connectivity index (χ0v) is 20.8. The van der Waals surface area contributed by atoms with Gasteiger partial charge in [-0.05, 0) is 43.4 Å². The Bertz CT molecular complexity index is 1310. The first kappa shape index (κ1) is 22.7. The molecule has 2 N–H and O–H groups in total. The first-order valence-corrected chi connectivity index (χ1v) is 12.7. The van der Waals surface area contributed by atoms with Crippen LogP contribution in [0, 0.1) is 0 Å². The van der Waals surface area contributed by atoms with Gasteiger partial charge in [-0.2, -0.15) is 0 Å². The first-order valence-electron chi connectivity index (χ1n) is 10.9. The van der Waals surface area contributed by atoms with E-state index in [1.807, 2.05) is 0 Å². The molecule has 1 aliphatic carbocycles. The van der Waals surface area contributed by atoms with E-state index in [0.29, 0.717) is 51.3 Å². The number of hydrogen-bond acceptors (Lipinski definition) is 11. The Hall–Kier alpha value is -3.05. The number of nitrogens with two attached hydrogens (primary N) is 1. The molecule has 1 aromatic carbocycles. The van der Waals surface area contributed by atoms with Crippen LogP contribution in [-0.4, -0.2) is 41.5 Å². The van der Waals surface area contributed by atoms with Gasteiger partial charge in [-0.3, -0.25) is 0 Å². The fraction of sp³-hybridized carbons (Fsp3) is 0.391. The molecular weight excluding hydrogens is 474 g/mol. The fourth-order valence-corrected chi connectivity index (χ4v) is 6.09. The summed E-state index contributed by atoms with van der Waals surface area (Å²) >= 11 is 3.12. The quantitative estimate of drug-likeness (QED) is 0.277. The van der Waals surface area contributed by atoms with Gasteiger partial charge in [0.1, 0.15) is 16.5 Å². The molecule has 5 rings (SSSR count). The van der Waals surface area contributed by atoms with Gasteiger partial charge < -0.3 is 24.4 Å². The Morgan fingerprint density at radius 2 is 1.76 bits per heavy atom. The maximum Gasteiger partial charge on any atom is 0.277 e. The van der Waals surface area contributed by atoms with Gasteiger partial charge in [-0.15, -0.1) is 21.5 Å². The number of hydrogen-bond donors (Lipinski definition) is 1. The molecule has 4 aromatic rings. The molecule has 0 amide bonds. The van der Waals surface area contributed by atoms with Gasteiger partial charge >= 0.3 is 0 Å². The average molecular weight is 500 g/mol. The lowest BCUT2D eigenvalue weighted by atomic mass is 10.1. The Morgan fingerprint density at radius 3 is 2.50 bits per heavy atom. The topological polar surface area (TPSA) is 118 Å². The number of methoxy groups -OCH3 is 3. The third-order valence-electron chi connectivity index (χ3n) is 5.78. The number of nitrogens with zero attached hydrogens (tertiary/aromatic N) is 4.